The summed E-state index contributed by atoms with van der Waals surface area (Å²) in [6.07, 6.45) is 2.60. The van der Waals surface area contributed by atoms with Crippen LogP contribution in [0.5, 0.6) is 0 Å². The number of hydrogen-bond donors (Lipinski definition) is 1. The highest BCUT2D eigenvalue weighted by Gasteiger charge is 2.25. The molecule has 1 N–H and O–H groups in total. The Bertz CT molecular complexity index is 147. The van der Waals surface area contributed by atoms with E-state index in [9.17, 15) is 0 Å². The first-order valence-electron chi connectivity index (χ1n) is 5.58. The molecule has 0 radical (unpaired) electrons. The Hall–Kier alpha value is -0.0800. The Labute approximate surface area is 82.7 Å². The summed E-state index contributed by atoms with van der Waals surface area (Å²) >= 11 is 0. The van der Waals surface area contributed by atoms with E-state index in [4.69, 9.17) is 0 Å². The third kappa shape index (κ3) is 2.96. The molecule has 0 amide bonds. The zero-order valence-corrected chi connectivity index (χ0v) is 9.51. The van der Waals surface area contributed by atoms with Crippen LogP contribution >= 0.6 is 0 Å². The number of likely N-dealkylation sites (tertiary alicyclic amines) is 1. The van der Waals surface area contributed by atoms with Gasteiger partial charge in [0.1, 0.15) is 0 Å². The number of nitrogens with zero attached hydrogens (tertiary/aromatic N) is 1. The normalized spacial score (nSPS) is 33.2. The maximum absolute atomic E-state index is 3.40. The second-order valence-electron chi connectivity index (χ2n) is 4.54. The van der Waals surface area contributed by atoms with Gasteiger partial charge in [-0.15, -0.1) is 0 Å². The molecule has 13 heavy (non-hydrogen) atoms. The van der Waals surface area contributed by atoms with Gasteiger partial charge in [-0.1, -0.05) is 13.8 Å². The Balaban J connectivity index is 2.46. The monoisotopic (exact) mass is 184 g/mol. The SMILES string of the molecule is CCC(C)N1CC(C)CC(NC)C1. The summed E-state index contributed by atoms with van der Waals surface area (Å²) in [6, 6.07) is 1.45. The quantitative estimate of drug-likeness (QED) is 0.718. The molecule has 3 atom stereocenters. The van der Waals surface area contributed by atoms with Crippen molar-refractivity contribution in [1.29, 1.82) is 0 Å². The molecule has 0 aromatic rings. The minimum absolute atomic E-state index is 0.706. The first kappa shape index (κ1) is 11.0. The zero-order valence-electron chi connectivity index (χ0n) is 9.51. The van der Waals surface area contributed by atoms with Gasteiger partial charge in [-0.25, -0.2) is 0 Å². The molecule has 0 spiro atoms. The fourth-order valence-corrected chi connectivity index (χ4v) is 2.22. The average molecular weight is 184 g/mol. The Morgan fingerprint density at radius 3 is 2.69 bits per heavy atom. The van der Waals surface area contributed by atoms with Gasteiger partial charge >= 0.3 is 0 Å². The molecular weight excluding hydrogens is 160 g/mol. The molecule has 1 heterocycles. The highest BCUT2D eigenvalue weighted by Crippen LogP contribution is 2.19. The third-order valence-electron chi connectivity index (χ3n) is 3.31. The van der Waals surface area contributed by atoms with Crippen LogP contribution in [0.15, 0.2) is 0 Å². The summed E-state index contributed by atoms with van der Waals surface area (Å²) < 4.78 is 0. The molecule has 3 unspecified atom stereocenters. The van der Waals surface area contributed by atoms with Crippen molar-refractivity contribution in [1.82, 2.24) is 10.2 Å². The number of likely N-dealkylation sites (N-methyl/N-ethyl adjacent to an activating group) is 1. The fraction of sp³-hybridized carbons (Fsp3) is 1.00. The van der Waals surface area contributed by atoms with Crippen molar-refractivity contribution < 1.29 is 0 Å². The summed E-state index contributed by atoms with van der Waals surface area (Å²) in [5.41, 5.74) is 0. The van der Waals surface area contributed by atoms with E-state index in [0.29, 0.717) is 6.04 Å². The molecule has 0 aliphatic carbocycles. The fourth-order valence-electron chi connectivity index (χ4n) is 2.22. The predicted molar refractivity (Wildman–Crippen MR) is 58.0 cm³/mol. The largest absolute Gasteiger partial charge is 0.316 e. The van der Waals surface area contributed by atoms with Crippen LogP contribution in [0.2, 0.25) is 0 Å². The molecule has 2 nitrogen and oxygen atoms in total. The number of rotatable bonds is 3. The molecule has 0 bridgehead atoms. The smallest absolute Gasteiger partial charge is 0.0195 e. The van der Waals surface area contributed by atoms with E-state index < -0.39 is 0 Å². The van der Waals surface area contributed by atoms with Crippen molar-refractivity contribution in [2.45, 2.75) is 45.7 Å². The lowest BCUT2D eigenvalue weighted by atomic mass is 9.94. The van der Waals surface area contributed by atoms with Crippen LogP contribution in [0.1, 0.15) is 33.6 Å². The molecule has 1 fully saturated rings. The second kappa shape index (κ2) is 4.97. The summed E-state index contributed by atoms with van der Waals surface area (Å²) in [5, 5.41) is 3.40. The minimum Gasteiger partial charge on any atom is -0.316 e. The van der Waals surface area contributed by atoms with Crippen molar-refractivity contribution in [3.8, 4) is 0 Å². The minimum atomic E-state index is 0.706. The highest BCUT2D eigenvalue weighted by atomic mass is 15.2. The van der Waals surface area contributed by atoms with Gasteiger partial charge in [-0.3, -0.25) is 4.90 Å². The molecule has 1 rings (SSSR count). The molecule has 0 aromatic carbocycles. The van der Waals surface area contributed by atoms with E-state index in [1.165, 1.54) is 25.9 Å². The van der Waals surface area contributed by atoms with Gasteiger partial charge in [0, 0.05) is 25.2 Å². The molecule has 1 aliphatic rings. The first-order valence-corrected chi connectivity index (χ1v) is 5.58. The lowest BCUT2D eigenvalue weighted by Crippen LogP contribution is -2.50. The van der Waals surface area contributed by atoms with Crippen LogP contribution in [-0.2, 0) is 0 Å². The maximum Gasteiger partial charge on any atom is 0.0195 e. The molecular formula is C11H24N2. The number of piperidine rings is 1. The Morgan fingerprint density at radius 1 is 1.46 bits per heavy atom. The van der Waals surface area contributed by atoms with Crippen LogP contribution in [-0.4, -0.2) is 37.1 Å². The van der Waals surface area contributed by atoms with Crippen molar-refractivity contribution in [3.05, 3.63) is 0 Å². The second-order valence-corrected chi connectivity index (χ2v) is 4.54. The van der Waals surface area contributed by atoms with Gasteiger partial charge in [-0.05, 0) is 32.7 Å². The predicted octanol–water partition coefficient (Wildman–Crippen LogP) is 1.71. The lowest BCUT2D eigenvalue weighted by molar-refractivity contribution is 0.112. The van der Waals surface area contributed by atoms with Gasteiger partial charge in [0.05, 0.1) is 0 Å². The molecule has 1 aliphatic heterocycles. The van der Waals surface area contributed by atoms with Crippen LogP contribution < -0.4 is 5.32 Å². The Kier molecular flexibility index (Phi) is 4.20. The van der Waals surface area contributed by atoms with Crippen molar-refractivity contribution in [2.24, 2.45) is 5.92 Å². The van der Waals surface area contributed by atoms with E-state index in [1.807, 2.05) is 0 Å². The lowest BCUT2D eigenvalue weighted by Gasteiger charge is -2.39. The van der Waals surface area contributed by atoms with Crippen molar-refractivity contribution in [2.75, 3.05) is 20.1 Å². The van der Waals surface area contributed by atoms with Gasteiger partial charge in [0.2, 0.25) is 0 Å². The maximum atomic E-state index is 3.40. The van der Waals surface area contributed by atoms with Gasteiger partial charge in [-0.2, -0.15) is 0 Å². The van der Waals surface area contributed by atoms with E-state index in [0.717, 1.165) is 12.0 Å². The van der Waals surface area contributed by atoms with Crippen LogP contribution in [0.25, 0.3) is 0 Å². The van der Waals surface area contributed by atoms with Crippen molar-refractivity contribution >= 4 is 0 Å². The van der Waals surface area contributed by atoms with Gasteiger partial charge in [0.15, 0.2) is 0 Å². The topological polar surface area (TPSA) is 15.3 Å². The van der Waals surface area contributed by atoms with E-state index in [2.05, 4.69) is 38.0 Å². The molecule has 0 aromatic heterocycles. The summed E-state index contributed by atoms with van der Waals surface area (Å²) in [5.74, 6) is 0.847. The summed E-state index contributed by atoms with van der Waals surface area (Å²) in [6.45, 7) is 9.49. The van der Waals surface area contributed by atoms with Crippen LogP contribution in [0.3, 0.4) is 0 Å². The summed E-state index contributed by atoms with van der Waals surface area (Å²) in [4.78, 5) is 2.62. The third-order valence-corrected chi connectivity index (χ3v) is 3.31. The van der Waals surface area contributed by atoms with Gasteiger partial charge in [0.25, 0.3) is 0 Å². The number of nitrogens with one attached hydrogen (secondary N) is 1. The van der Waals surface area contributed by atoms with Crippen LogP contribution in [0, 0.1) is 5.92 Å². The standard InChI is InChI=1S/C11H24N2/c1-5-10(3)13-7-9(2)6-11(8-13)12-4/h9-12H,5-8H2,1-4H3. The highest BCUT2D eigenvalue weighted by molar-refractivity contribution is 4.83. The Morgan fingerprint density at radius 2 is 2.15 bits per heavy atom. The molecule has 78 valence electrons. The van der Waals surface area contributed by atoms with Crippen molar-refractivity contribution in [3.63, 3.8) is 0 Å². The van der Waals surface area contributed by atoms with E-state index >= 15 is 0 Å². The molecule has 2 heteroatoms. The van der Waals surface area contributed by atoms with E-state index in [-0.39, 0.29) is 0 Å². The molecule has 1 saturated heterocycles. The first-order chi connectivity index (χ1) is 6.17. The average Bonchev–Trinajstić information content (AvgIpc) is 2.15. The zero-order chi connectivity index (χ0) is 9.84. The van der Waals surface area contributed by atoms with E-state index in [1.54, 1.807) is 0 Å². The van der Waals surface area contributed by atoms with Gasteiger partial charge < -0.3 is 5.32 Å². The molecule has 0 saturated carbocycles. The summed E-state index contributed by atoms with van der Waals surface area (Å²) in [7, 11) is 2.08. The number of hydrogen-bond acceptors (Lipinski definition) is 2. The van der Waals surface area contributed by atoms with Crippen LogP contribution in [0.4, 0.5) is 0 Å².